The van der Waals surface area contributed by atoms with Crippen molar-refractivity contribution < 1.29 is 4.79 Å². The molecule has 1 heterocycles. The monoisotopic (exact) mass is 233 g/mol. The predicted molar refractivity (Wildman–Crippen MR) is 66.6 cm³/mol. The summed E-state index contributed by atoms with van der Waals surface area (Å²) in [6.45, 7) is 1.96. The molecular formula is C13H19N3O. The van der Waals surface area contributed by atoms with Crippen LogP contribution < -0.4 is 10.6 Å². The Bertz CT molecular complexity index is 360. The van der Waals surface area contributed by atoms with Gasteiger partial charge in [0.1, 0.15) is 0 Å². The van der Waals surface area contributed by atoms with Crippen molar-refractivity contribution in [2.75, 3.05) is 0 Å². The number of pyridine rings is 1. The Balaban J connectivity index is 1.81. The Morgan fingerprint density at radius 1 is 1.47 bits per heavy atom. The molecule has 0 aromatic carbocycles. The van der Waals surface area contributed by atoms with Gasteiger partial charge in [-0.25, -0.2) is 4.79 Å². The molecule has 1 aliphatic carbocycles. The molecule has 4 nitrogen and oxygen atoms in total. The molecule has 0 aliphatic heterocycles. The van der Waals surface area contributed by atoms with E-state index in [9.17, 15) is 4.79 Å². The van der Waals surface area contributed by atoms with Gasteiger partial charge in [-0.2, -0.15) is 0 Å². The quantitative estimate of drug-likeness (QED) is 0.842. The molecule has 4 heteroatoms. The molecule has 2 amide bonds. The molecule has 0 saturated heterocycles. The first-order valence-corrected chi connectivity index (χ1v) is 6.22. The molecule has 1 atom stereocenters. The van der Waals surface area contributed by atoms with Crippen molar-refractivity contribution >= 4 is 6.03 Å². The molecule has 2 rings (SSSR count). The lowest BCUT2D eigenvalue weighted by atomic mass is 10.1. The third-order valence-corrected chi connectivity index (χ3v) is 3.22. The molecular weight excluding hydrogens is 214 g/mol. The molecule has 1 unspecified atom stereocenters. The van der Waals surface area contributed by atoms with Gasteiger partial charge in [0.25, 0.3) is 0 Å². The number of carbonyl (C=O) groups is 1. The highest BCUT2D eigenvalue weighted by Crippen LogP contribution is 2.17. The highest BCUT2D eigenvalue weighted by Gasteiger charge is 2.18. The number of nitrogens with zero attached hydrogens (tertiary/aromatic N) is 1. The second-order valence-corrected chi connectivity index (χ2v) is 4.61. The summed E-state index contributed by atoms with van der Waals surface area (Å²) in [4.78, 5) is 15.8. The van der Waals surface area contributed by atoms with Gasteiger partial charge < -0.3 is 10.6 Å². The lowest BCUT2D eigenvalue weighted by molar-refractivity contribution is 0.234. The van der Waals surface area contributed by atoms with Crippen LogP contribution in [-0.4, -0.2) is 17.1 Å². The van der Waals surface area contributed by atoms with Crippen LogP contribution in [0.25, 0.3) is 0 Å². The summed E-state index contributed by atoms with van der Waals surface area (Å²) < 4.78 is 0. The number of nitrogens with one attached hydrogen (secondary N) is 2. The minimum atomic E-state index is -0.0757. The Morgan fingerprint density at radius 3 is 2.88 bits per heavy atom. The number of rotatable bonds is 3. The fourth-order valence-corrected chi connectivity index (χ4v) is 2.21. The lowest BCUT2D eigenvalue weighted by Crippen LogP contribution is -2.41. The molecule has 1 aromatic heterocycles. The first kappa shape index (κ1) is 11.9. The molecule has 0 bridgehead atoms. The van der Waals surface area contributed by atoms with E-state index < -0.39 is 0 Å². The molecule has 0 radical (unpaired) electrons. The van der Waals surface area contributed by atoms with Crippen molar-refractivity contribution in [2.45, 2.75) is 44.7 Å². The van der Waals surface area contributed by atoms with E-state index in [0.29, 0.717) is 6.04 Å². The van der Waals surface area contributed by atoms with Crippen LogP contribution in [0.3, 0.4) is 0 Å². The minimum Gasteiger partial charge on any atom is -0.335 e. The zero-order valence-electron chi connectivity index (χ0n) is 10.1. The lowest BCUT2D eigenvalue weighted by Gasteiger charge is -2.17. The standard InChI is InChI=1S/C13H19N3O/c1-10(11-5-4-8-14-9-11)15-13(17)16-12-6-2-3-7-12/h4-5,8-10,12H,2-3,6-7H2,1H3,(H2,15,16,17). The predicted octanol–water partition coefficient (Wildman–Crippen LogP) is 2.38. The average molecular weight is 233 g/mol. The van der Waals surface area contributed by atoms with E-state index in [0.717, 1.165) is 18.4 Å². The maximum absolute atomic E-state index is 11.7. The number of carbonyl (C=O) groups excluding carboxylic acids is 1. The van der Waals surface area contributed by atoms with E-state index in [1.165, 1.54) is 12.8 Å². The van der Waals surface area contributed by atoms with Gasteiger partial charge in [-0.05, 0) is 31.4 Å². The summed E-state index contributed by atoms with van der Waals surface area (Å²) in [5.74, 6) is 0. The first-order chi connectivity index (χ1) is 8.25. The summed E-state index contributed by atoms with van der Waals surface area (Å²) in [6.07, 6.45) is 8.17. The van der Waals surface area contributed by atoms with E-state index in [1.807, 2.05) is 19.1 Å². The highest BCUT2D eigenvalue weighted by atomic mass is 16.2. The van der Waals surface area contributed by atoms with E-state index in [-0.39, 0.29) is 12.1 Å². The normalized spacial score (nSPS) is 17.7. The van der Waals surface area contributed by atoms with Crippen LogP contribution in [0.1, 0.15) is 44.2 Å². The first-order valence-electron chi connectivity index (χ1n) is 6.22. The van der Waals surface area contributed by atoms with Crippen molar-refractivity contribution in [1.29, 1.82) is 0 Å². The Morgan fingerprint density at radius 2 is 2.24 bits per heavy atom. The van der Waals surface area contributed by atoms with Gasteiger partial charge >= 0.3 is 6.03 Å². The zero-order valence-corrected chi connectivity index (χ0v) is 10.1. The van der Waals surface area contributed by atoms with Gasteiger partial charge in [-0.1, -0.05) is 18.9 Å². The van der Waals surface area contributed by atoms with Crippen molar-refractivity contribution in [2.24, 2.45) is 0 Å². The topological polar surface area (TPSA) is 54.0 Å². The van der Waals surface area contributed by atoms with E-state index in [4.69, 9.17) is 0 Å². The highest BCUT2D eigenvalue weighted by molar-refractivity contribution is 5.74. The second kappa shape index (κ2) is 5.66. The minimum absolute atomic E-state index is 0.00916. The largest absolute Gasteiger partial charge is 0.335 e. The van der Waals surface area contributed by atoms with Crippen LogP contribution in [0.2, 0.25) is 0 Å². The van der Waals surface area contributed by atoms with Crippen LogP contribution in [0.15, 0.2) is 24.5 Å². The van der Waals surface area contributed by atoms with E-state index >= 15 is 0 Å². The van der Waals surface area contributed by atoms with Crippen molar-refractivity contribution in [3.05, 3.63) is 30.1 Å². The Kier molecular flexibility index (Phi) is 3.96. The number of amides is 2. The molecule has 1 saturated carbocycles. The summed E-state index contributed by atoms with van der Waals surface area (Å²) in [5, 5.41) is 5.94. The molecule has 1 fully saturated rings. The van der Waals surface area contributed by atoms with Crippen molar-refractivity contribution in [3.8, 4) is 0 Å². The van der Waals surface area contributed by atoms with Crippen LogP contribution in [0.4, 0.5) is 4.79 Å². The SMILES string of the molecule is CC(NC(=O)NC1CCCC1)c1cccnc1. The van der Waals surface area contributed by atoms with Gasteiger partial charge in [0.05, 0.1) is 6.04 Å². The summed E-state index contributed by atoms with van der Waals surface area (Å²) in [5.41, 5.74) is 1.02. The van der Waals surface area contributed by atoms with Crippen molar-refractivity contribution in [3.63, 3.8) is 0 Å². The van der Waals surface area contributed by atoms with Crippen LogP contribution in [-0.2, 0) is 0 Å². The van der Waals surface area contributed by atoms with Crippen molar-refractivity contribution in [1.82, 2.24) is 15.6 Å². The third kappa shape index (κ3) is 3.44. The molecule has 92 valence electrons. The molecule has 1 aromatic rings. The third-order valence-electron chi connectivity index (χ3n) is 3.22. The van der Waals surface area contributed by atoms with E-state index in [1.54, 1.807) is 12.4 Å². The molecule has 0 spiro atoms. The van der Waals surface area contributed by atoms with Gasteiger partial charge in [0, 0.05) is 18.4 Å². The number of aromatic nitrogens is 1. The number of hydrogen-bond acceptors (Lipinski definition) is 2. The maximum atomic E-state index is 11.7. The Labute approximate surface area is 102 Å². The molecule has 17 heavy (non-hydrogen) atoms. The number of hydrogen-bond donors (Lipinski definition) is 2. The second-order valence-electron chi connectivity index (χ2n) is 4.61. The van der Waals surface area contributed by atoms with Gasteiger partial charge in [-0.3, -0.25) is 4.98 Å². The fraction of sp³-hybridized carbons (Fsp3) is 0.538. The van der Waals surface area contributed by atoms with Crippen LogP contribution in [0.5, 0.6) is 0 Å². The van der Waals surface area contributed by atoms with Gasteiger partial charge in [0.2, 0.25) is 0 Å². The van der Waals surface area contributed by atoms with Crippen LogP contribution in [0, 0.1) is 0 Å². The Hall–Kier alpha value is -1.58. The maximum Gasteiger partial charge on any atom is 0.315 e. The summed E-state index contributed by atoms with van der Waals surface area (Å²) >= 11 is 0. The van der Waals surface area contributed by atoms with Gasteiger partial charge in [0.15, 0.2) is 0 Å². The molecule has 2 N–H and O–H groups in total. The van der Waals surface area contributed by atoms with E-state index in [2.05, 4.69) is 15.6 Å². The summed E-state index contributed by atoms with van der Waals surface area (Å²) in [6, 6.07) is 4.12. The zero-order chi connectivity index (χ0) is 12.1. The fourth-order valence-electron chi connectivity index (χ4n) is 2.21. The van der Waals surface area contributed by atoms with Crippen LogP contribution >= 0.6 is 0 Å². The summed E-state index contributed by atoms with van der Waals surface area (Å²) in [7, 11) is 0. The number of urea groups is 1. The molecule has 1 aliphatic rings. The van der Waals surface area contributed by atoms with Gasteiger partial charge in [-0.15, -0.1) is 0 Å². The average Bonchev–Trinajstić information content (AvgIpc) is 2.82. The smallest absolute Gasteiger partial charge is 0.315 e.